The number of nitrogens with zero attached hydrogens (tertiary/aromatic N) is 5. The van der Waals surface area contributed by atoms with Crippen molar-refractivity contribution in [3.8, 4) is 11.4 Å². The van der Waals surface area contributed by atoms with Crippen LogP contribution in [-0.2, 0) is 0 Å². The molecule has 0 saturated heterocycles. The molecule has 3 aromatic rings. The molecule has 0 aliphatic heterocycles. The van der Waals surface area contributed by atoms with Crippen molar-refractivity contribution in [2.24, 2.45) is 0 Å². The molecule has 0 aliphatic rings. The van der Waals surface area contributed by atoms with Crippen molar-refractivity contribution in [1.29, 1.82) is 0 Å². The van der Waals surface area contributed by atoms with Crippen molar-refractivity contribution in [2.45, 2.75) is 11.3 Å². The SMILES string of the molecule is CCSc1nn2cc(-c3cnccn3)nc2s1. The van der Waals surface area contributed by atoms with Gasteiger partial charge in [-0.15, -0.1) is 5.10 Å². The summed E-state index contributed by atoms with van der Waals surface area (Å²) < 4.78 is 2.84. The lowest BCUT2D eigenvalue weighted by atomic mass is 10.3. The first-order chi connectivity index (χ1) is 8.36. The monoisotopic (exact) mass is 263 g/mol. The summed E-state index contributed by atoms with van der Waals surface area (Å²) >= 11 is 3.32. The highest BCUT2D eigenvalue weighted by Gasteiger charge is 2.10. The lowest BCUT2D eigenvalue weighted by Crippen LogP contribution is -1.84. The van der Waals surface area contributed by atoms with Crippen LogP contribution in [0.4, 0.5) is 0 Å². The summed E-state index contributed by atoms with van der Waals surface area (Å²) in [6.45, 7) is 2.11. The predicted molar refractivity (Wildman–Crippen MR) is 68.3 cm³/mol. The number of rotatable bonds is 3. The molecule has 0 aromatic carbocycles. The number of fused-ring (bicyclic) bond motifs is 1. The average molecular weight is 263 g/mol. The maximum absolute atomic E-state index is 4.49. The second-order valence-electron chi connectivity index (χ2n) is 3.24. The molecule has 0 fully saturated rings. The Kier molecular flexibility index (Phi) is 2.77. The molecule has 17 heavy (non-hydrogen) atoms. The highest BCUT2D eigenvalue weighted by molar-refractivity contribution is 8.01. The largest absolute Gasteiger partial charge is 0.261 e. The van der Waals surface area contributed by atoms with Gasteiger partial charge in [-0.3, -0.25) is 9.97 Å². The molecule has 0 saturated carbocycles. The van der Waals surface area contributed by atoms with Crippen LogP contribution in [0.25, 0.3) is 16.3 Å². The van der Waals surface area contributed by atoms with Gasteiger partial charge in [0.2, 0.25) is 4.96 Å². The topological polar surface area (TPSA) is 56.0 Å². The third kappa shape index (κ3) is 2.03. The van der Waals surface area contributed by atoms with Gasteiger partial charge in [0.05, 0.1) is 12.4 Å². The molecule has 5 nitrogen and oxygen atoms in total. The van der Waals surface area contributed by atoms with Crippen molar-refractivity contribution in [3.05, 3.63) is 24.8 Å². The first-order valence-electron chi connectivity index (χ1n) is 5.12. The molecule has 3 rings (SSSR count). The van der Waals surface area contributed by atoms with Gasteiger partial charge in [0.15, 0.2) is 4.34 Å². The molecule has 3 heterocycles. The fourth-order valence-electron chi connectivity index (χ4n) is 1.42. The second kappa shape index (κ2) is 4.42. The molecule has 0 unspecified atom stereocenters. The minimum atomic E-state index is 0.773. The van der Waals surface area contributed by atoms with Gasteiger partial charge in [-0.2, -0.15) is 0 Å². The predicted octanol–water partition coefficient (Wildman–Crippen LogP) is 2.36. The zero-order valence-electron chi connectivity index (χ0n) is 9.07. The fourth-order valence-corrected chi connectivity index (χ4v) is 3.24. The van der Waals surface area contributed by atoms with Crippen LogP contribution < -0.4 is 0 Å². The first kappa shape index (κ1) is 10.7. The Bertz CT molecular complexity index is 599. The second-order valence-corrected chi connectivity index (χ2v) is 5.71. The van der Waals surface area contributed by atoms with E-state index in [1.165, 1.54) is 0 Å². The van der Waals surface area contributed by atoms with Gasteiger partial charge in [-0.05, 0) is 5.75 Å². The molecular formula is C10H9N5S2. The first-order valence-corrected chi connectivity index (χ1v) is 6.92. The lowest BCUT2D eigenvalue weighted by molar-refractivity contribution is 0.915. The normalized spacial score (nSPS) is 11.1. The van der Waals surface area contributed by atoms with Gasteiger partial charge in [0, 0.05) is 12.4 Å². The summed E-state index contributed by atoms with van der Waals surface area (Å²) in [6.07, 6.45) is 6.90. The fraction of sp³-hybridized carbons (Fsp3) is 0.200. The maximum atomic E-state index is 4.49. The van der Waals surface area contributed by atoms with Gasteiger partial charge >= 0.3 is 0 Å². The smallest absolute Gasteiger partial charge is 0.213 e. The van der Waals surface area contributed by atoms with Crippen LogP contribution in [0, 0.1) is 0 Å². The van der Waals surface area contributed by atoms with Crippen molar-refractivity contribution in [1.82, 2.24) is 24.6 Å². The Hall–Kier alpha value is -1.47. The van der Waals surface area contributed by atoms with E-state index in [0.717, 1.165) is 26.4 Å². The molecule has 86 valence electrons. The average Bonchev–Trinajstić information content (AvgIpc) is 2.88. The van der Waals surface area contributed by atoms with E-state index in [1.807, 2.05) is 6.20 Å². The highest BCUT2D eigenvalue weighted by Crippen LogP contribution is 2.26. The molecule has 0 radical (unpaired) electrons. The summed E-state index contributed by atoms with van der Waals surface area (Å²) in [5.74, 6) is 1.02. The lowest BCUT2D eigenvalue weighted by Gasteiger charge is -1.91. The Morgan fingerprint density at radius 3 is 3.00 bits per heavy atom. The summed E-state index contributed by atoms with van der Waals surface area (Å²) in [5, 5.41) is 4.44. The summed E-state index contributed by atoms with van der Waals surface area (Å²) in [7, 11) is 0. The number of hydrogen-bond donors (Lipinski definition) is 0. The highest BCUT2D eigenvalue weighted by atomic mass is 32.2. The van der Waals surface area contributed by atoms with E-state index >= 15 is 0 Å². The molecule has 7 heteroatoms. The van der Waals surface area contributed by atoms with Crippen molar-refractivity contribution in [2.75, 3.05) is 5.75 Å². The summed E-state index contributed by atoms with van der Waals surface area (Å²) in [5.41, 5.74) is 1.58. The Balaban J connectivity index is 2.01. The molecule has 0 spiro atoms. The van der Waals surface area contributed by atoms with E-state index in [9.17, 15) is 0 Å². The zero-order chi connectivity index (χ0) is 11.7. The Labute approximate surface area is 106 Å². The van der Waals surface area contributed by atoms with E-state index in [4.69, 9.17) is 0 Å². The molecule has 0 aliphatic carbocycles. The van der Waals surface area contributed by atoms with Crippen molar-refractivity contribution >= 4 is 28.1 Å². The van der Waals surface area contributed by atoms with Crippen LogP contribution in [-0.4, -0.2) is 30.3 Å². The van der Waals surface area contributed by atoms with Gasteiger partial charge < -0.3 is 0 Å². The molecule has 0 atom stereocenters. The van der Waals surface area contributed by atoms with Crippen LogP contribution >= 0.6 is 23.1 Å². The van der Waals surface area contributed by atoms with E-state index < -0.39 is 0 Å². The van der Waals surface area contributed by atoms with E-state index in [1.54, 1.807) is 46.2 Å². The number of imidazole rings is 1. The number of aromatic nitrogens is 5. The summed E-state index contributed by atoms with van der Waals surface area (Å²) in [4.78, 5) is 13.6. The van der Waals surface area contributed by atoms with Gasteiger partial charge in [0.1, 0.15) is 11.4 Å². The van der Waals surface area contributed by atoms with Crippen molar-refractivity contribution in [3.63, 3.8) is 0 Å². The molecular weight excluding hydrogens is 254 g/mol. The summed E-state index contributed by atoms with van der Waals surface area (Å²) in [6, 6.07) is 0. The van der Waals surface area contributed by atoms with Gasteiger partial charge in [0.25, 0.3) is 0 Å². The Morgan fingerprint density at radius 2 is 2.29 bits per heavy atom. The minimum Gasteiger partial charge on any atom is -0.261 e. The molecule has 0 N–H and O–H groups in total. The van der Waals surface area contributed by atoms with Crippen LogP contribution in [0.1, 0.15) is 6.92 Å². The van der Waals surface area contributed by atoms with Gasteiger partial charge in [-0.25, -0.2) is 9.50 Å². The minimum absolute atomic E-state index is 0.773. The molecule has 3 aromatic heterocycles. The van der Waals surface area contributed by atoms with Crippen LogP contribution in [0.5, 0.6) is 0 Å². The van der Waals surface area contributed by atoms with E-state index in [0.29, 0.717) is 0 Å². The van der Waals surface area contributed by atoms with Crippen molar-refractivity contribution < 1.29 is 0 Å². The van der Waals surface area contributed by atoms with Crippen LogP contribution in [0.2, 0.25) is 0 Å². The third-order valence-electron chi connectivity index (χ3n) is 2.12. The third-order valence-corrected chi connectivity index (χ3v) is 4.06. The quantitative estimate of drug-likeness (QED) is 0.679. The standard InChI is InChI=1S/C10H9N5S2/c1-2-16-10-14-15-6-8(13-9(15)17-10)7-5-11-3-4-12-7/h3-6H,2H2,1H3. The number of hydrogen-bond acceptors (Lipinski definition) is 6. The van der Waals surface area contributed by atoms with Gasteiger partial charge in [-0.1, -0.05) is 30.0 Å². The van der Waals surface area contributed by atoms with E-state index in [2.05, 4.69) is 27.0 Å². The van der Waals surface area contributed by atoms with E-state index in [-0.39, 0.29) is 0 Å². The zero-order valence-corrected chi connectivity index (χ0v) is 10.7. The molecule has 0 amide bonds. The van der Waals surface area contributed by atoms with Crippen LogP contribution in [0.3, 0.4) is 0 Å². The molecule has 0 bridgehead atoms. The Morgan fingerprint density at radius 1 is 1.35 bits per heavy atom. The van der Waals surface area contributed by atoms with Crippen LogP contribution in [0.15, 0.2) is 29.1 Å². The number of thioether (sulfide) groups is 1. The maximum Gasteiger partial charge on any atom is 0.213 e.